The number of methoxy groups -OCH3 is 1. The van der Waals surface area contributed by atoms with Gasteiger partial charge in [-0.2, -0.15) is 13.2 Å². The molecule has 0 saturated heterocycles. The molecule has 0 aliphatic heterocycles. The number of carbonyl (C=O) groups is 1. The predicted octanol–water partition coefficient (Wildman–Crippen LogP) is 4.50. The highest BCUT2D eigenvalue weighted by Gasteiger charge is 2.33. The molecule has 0 saturated carbocycles. The van der Waals surface area contributed by atoms with E-state index in [4.69, 9.17) is 4.74 Å². The Morgan fingerprint density at radius 2 is 1.71 bits per heavy atom. The number of halogens is 3. The highest BCUT2D eigenvalue weighted by atomic mass is 19.4. The summed E-state index contributed by atoms with van der Waals surface area (Å²) in [6, 6.07) is 11.8. The molecule has 0 spiro atoms. The van der Waals surface area contributed by atoms with Gasteiger partial charge in [-0.15, -0.1) is 0 Å². The summed E-state index contributed by atoms with van der Waals surface area (Å²) in [6.07, 6.45) is -2.09. The van der Waals surface area contributed by atoms with Gasteiger partial charge >= 0.3 is 6.18 Å². The van der Waals surface area contributed by atoms with Crippen molar-refractivity contribution < 1.29 is 22.7 Å². The number of benzene rings is 2. The van der Waals surface area contributed by atoms with E-state index in [2.05, 4.69) is 20.6 Å². The number of nitrogens with zero attached hydrogens (tertiary/aromatic N) is 2. The quantitative estimate of drug-likeness (QED) is 0.673. The van der Waals surface area contributed by atoms with E-state index in [1.807, 2.05) is 0 Å². The molecule has 9 heteroatoms. The Bertz CT molecular complexity index is 958. The average molecular weight is 388 g/mol. The Morgan fingerprint density at radius 1 is 1.00 bits per heavy atom. The largest absolute Gasteiger partial charge is 0.497 e. The lowest BCUT2D eigenvalue weighted by Gasteiger charge is -2.13. The number of amides is 1. The van der Waals surface area contributed by atoms with Gasteiger partial charge in [0.1, 0.15) is 17.3 Å². The van der Waals surface area contributed by atoms with E-state index in [9.17, 15) is 18.0 Å². The minimum atomic E-state index is -4.58. The molecule has 0 bridgehead atoms. The maximum Gasteiger partial charge on any atom is 0.418 e. The zero-order valence-corrected chi connectivity index (χ0v) is 14.6. The van der Waals surface area contributed by atoms with Crippen LogP contribution in [-0.2, 0) is 6.18 Å². The van der Waals surface area contributed by atoms with Gasteiger partial charge in [-0.05, 0) is 36.4 Å². The monoisotopic (exact) mass is 388 g/mol. The fourth-order valence-electron chi connectivity index (χ4n) is 2.36. The lowest BCUT2D eigenvalue weighted by Crippen LogP contribution is -2.18. The molecule has 1 amide bonds. The minimum absolute atomic E-state index is 0.114. The van der Waals surface area contributed by atoms with Crippen molar-refractivity contribution in [3.8, 4) is 5.75 Å². The highest BCUT2D eigenvalue weighted by Crippen LogP contribution is 2.34. The third kappa shape index (κ3) is 4.56. The standard InChI is InChI=1S/C19H15F3N4O2/c1-28-13-8-6-12(7-9-13)25-17-11-23-16(10-24-17)18(27)26-15-5-3-2-4-14(15)19(20,21)22/h2-11H,1H3,(H,24,25)(H,26,27). The molecule has 0 radical (unpaired) electrons. The van der Waals surface area contributed by atoms with Crippen LogP contribution in [0.3, 0.4) is 0 Å². The number of nitrogens with one attached hydrogen (secondary N) is 2. The molecule has 0 aliphatic carbocycles. The van der Waals surface area contributed by atoms with Gasteiger partial charge in [-0.3, -0.25) is 4.79 Å². The lowest BCUT2D eigenvalue weighted by atomic mass is 10.1. The molecule has 1 aromatic heterocycles. The molecule has 1 heterocycles. The zero-order valence-electron chi connectivity index (χ0n) is 14.6. The molecule has 0 aliphatic rings. The molecule has 0 unspecified atom stereocenters. The molecule has 3 aromatic rings. The molecular weight excluding hydrogens is 373 g/mol. The van der Waals surface area contributed by atoms with Crippen LogP contribution in [0, 0.1) is 0 Å². The molecule has 6 nitrogen and oxygen atoms in total. The molecule has 3 rings (SSSR count). The number of alkyl halides is 3. The summed E-state index contributed by atoms with van der Waals surface area (Å²) in [4.78, 5) is 20.2. The third-order valence-corrected chi connectivity index (χ3v) is 3.73. The van der Waals surface area contributed by atoms with Crippen molar-refractivity contribution >= 4 is 23.1 Å². The van der Waals surface area contributed by atoms with Crippen molar-refractivity contribution in [2.45, 2.75) is 6.18 Å². The second-order valence-electron chi connectivity index (χ2n) is 5.64. The summed E-state index contributed by atoms with van der Waals surface area (Å²) in [7, 11) is 1.56. The van der Waals surface area contributed by atoms with Gasteiger partial charge in [0.05, 0.1) is 30.8 Å². The summed E-state index contributed by atoms with van der Waals surface area (Å²) < 4.78 is 44.1. The second-order valence-corrected chi connectivity index (χ2v) is 5.64. The van der Waals surface area contributed by atoms with Crippen LogP contribution in [0.25, 0.3) is 0 Å². The molecule has 0 atom stereocenters. The van der Waals surface area contributed by atoms with Gasteiger partial charge in [0.2, 0.25) is 0 Å². The van der Waals surface area contributed by atoms with Crippen molar-refractivity contribution in [3.63, 3.8) is 0 Å². The van der Waals surface area contributed by atoms with Crippen molar-refractivity contribution in [1.82, 2.24) is 9.97 Å². The first-order valence-electron chi connectivity index (χ1n) is 8.07. The number of aromatic nitrogens is 2. The Balaban J connectivity index is 1.70. The number of hydrogen-bond donors (Lipinski definition) is 2. The molecule has 144 valence electrons. The first kappa shape index (κ1) is 19.2. The third-order valence-electron chi connectivity index (χ3n) is 3.73. The van der Waals surface area contributed by atoms with Gasteiger partial charge in [0.15, 0.2) is 0 Å². The van der Waals surface area contributed by atoms with Crippen molar-refractivity contribution in [1.29, 1.82) is 0 Å². The first-order chi connectivity index (χ1) is 13.4. The second kappa shape index (κ2) is 7.95. The Morgan fingerprint density at radius 3 is 2.32 bits per heavy atom. The van der Waals surface area contributed by atoms with Gasteiger partial charge in [-0.1, -0.05) is 12.1 Å². The molecule has 28 heavy (non-hydrogen) atoms. The summed E-state index contributed by atoms with van der Waals surface area (Å²) in [5, 5.41) is 5.21. The SMILES string of the molecule is COc1ccc(Nc2cnc(C(=O)Nc3ccccc3C(F)(F)F)cn2)cc1. The predicted molar refractivity (Wildman–Crippen MR) is 97.7 cm³/mol. The van der Waals surface area contributed by atoms with E-state index in [1.165, 1.54) is 30.6 Å². The lowest BCUT2D eigenvalue weighted by molar-refractivity contribution is -0.136. The zero-order chi connectivity index (χ0) is 20.1. The van der Waals surface area contributed by atoms with Crippen LogP contribution >= 0.6 is 0 Å². The van der Waals surface area contributed by atoms with E-state index >= 15 is 0 Å². The smallest absolute Gasteiger partial charge is 0.418 e. The van der Waals surface area contributed by atoms with Crippen molar-refractivity contribution in [2.75, 3.05) is 17.7 Å². The number of carbonyl (C=O) groups excluding carboxylic acids is 1. The van der Waals surface area contributed by atoms with Gasteiger partial charge < -0.3 is 15.4 Å². The molecular formula is C19H15F3N4O2. The Labute approximate surface area is 158 Å². The maximum atomic E-state index is 13.0. The van der Waals surface area contributed by atoms with E-state index in [0.717, 1.165) is 11.8 Å². The number of anilines is 3. The fourth-order valence-corrected chi connectivity index (χ4v) is 2.36. The summed E-state index contributed by atoms with van der Waals surface area (Å²) in [5.41, 5.74) is -0.667. The van der Waals surface area contributed by atoms with E-state index in [0.29, 0.717) is 11.6 Å². The molecule has 2 N–H and O–H groups in total. The topological polar surface area (TPSA) is 76.1 Å². The normalized spacial score (nSPS) is 11.0. The van der Waals surface area contributed by atoms with Gasteiger partial charge in [-0.25, -0.2) is 9.97 Å². The Kier molecular flexibility index (Phi) is 5.44. The van der Waals surface area contributed by atoms with Crippen LogP contribution in [0.15, 0.2) is 60.9 Å². The summed E-state index contributed by atoms with van der Waals surface area (Å²) >= 11 is 0. The summed E-state index contributed by atoms with van der Waals surface area (Å²) in [5.74, 6) is 0.278. The first-order valence-corrected chi connectivity index (χ1v) is 8.07. The average Bonchev–Trinajstić information content (AvgIpc) is 2.69. The Hall–Kier alpha value is -3.62. The van der Waals surface area contributed by atoms with Crippen molar-refractivity contribution in [2.24, 2.45) is 0 Å². The van der Waals surface area contributed by atoms with E-state index < -0.39 is 17.6 Å². The number of para-hydroxylation sites is 1. The maximum absolute atomic E-state index is 13.0. The van der Waals surface area contributed by atoms with E-state index in [1.54, 1.807) is 31.4 Å². The van der Waals surface area contributed by atoms with Crippen LogP contribution in [0.5, 0.6) is 5.75 Å². The highest BCUT2D eigenvalue weighted by molar-refractivity contribution is 6.03. The number of ether oxygens (including phenoxy) is 1. The van der Waals surface area contributed by atoms with Crippen LogP contribution < -0.4 is 15.4 Å². The molecule has 2 aromatic carbocycles. The minimum Gasteiger partial charge on any atom is -0.497 e. The van der Waals surface area contributed by atoms with Crippen LogP contribution in [-0.4, -0.2) is 23.0 Å². The van der Waals surface area contributed by atoms with Crippen LogP contribution in [0.1, 0.15) is 16.1 Å². The fraction of sp³-hybridized carbons (Fsp3) is 0.105. The number of hydrogen-bond acceptors (Lipinski definition) is 5. The summed E-state index contributed by atoms with van der Waals surface area (Å²) in [6.45, 7) is 0. The number of rotatable bonds is 5. The van der Waals surface area contributed by atoms with Crippen LogP contribution in [0.2, 0.25) is 0 Å². The van der Waals surface area contributed by atoms with E-state index in [-0.39, 0.29) is 11.4 Å². The van der Waals surface area contributed by atoms with Crippen molar-refractivity contribution in [3.05, 3.63) is 72.2 Å². The molecule has 0 fully saturated rings. The van der Waals surface area contributed by atoms with Crippen LogP contribution in [0.4, 0.5) is 30.4 Å². The van der Waals surface area contributed by atoms with Gasteiger partial charge in [0, 0.05) is 5.69 Å². The van der Waals surface area contributed by atoms with Gasteiger partial charge in [0.25, 0.3) is 5.91 Å².